The number of nitrogens with one attached hydrogen (secondary N) is 1. The molecule has 0 bridgehead atoms. The van der Waals surface area contributed by atoms with Crippen LogP contribution in [0.15, 0.2) is 28.7 Å². The summed E-state index contributed by atoms with van der Waals surface area (Å²) < 4.78 is 1.13. The molecular formula is C16H24BrNO. The first kappa shape index (κ1) is 15.0. The Balaban J connectivity index is 1.92. The van der Waals surface area contributed by atoms with E-state index < -0.39 is 5.60 Å². The van der Waals surface area contributed by atoms with Gasteiger partial charge >= 0.3 is 0 Å². The van der Waals surface area contributed by atoms with E-state index in [1.165, 1.54) is 18.4 Å². The Morgan fingerprint density at radius 3 is 2.47 bits per heavy atom. The van der Waals surface area contributed by atoms with Gasteiger partial charge in [-0.15, -0.1) is 0 Å². The molecule has 1 aromatic carbocycles. The molecule has 0 amide bonds. The molecule has 0 unspecified atom stereocenters. The summed E-state index contributed by atoms with van der Waals surface area (Å²) in [6.07, 6.45) is 6.71. The molecule has 19 heavy (non-hydrogen) atoms. The van der Waals surface area contributed by atoms with Gasteiger partial charge < -0.3 is 10.4 Å². The average Bonchev–Trinajstić information content (AvgIpc) is 2.62. The van der Waals surface area contributed by atoms with Crippen molar-refractivity contribution < 1.29 is 5.11 Å². The smallest absolute Gasteiger partial charge is 0.0771 e. The third-order valence-electron chi connectivity index (χ3n) is 4.14. The molecule has 1 aromatic rings. The van der Waals surface area contributed by atoms with Crippen LogP contribution in [0.3, 0.4) is 0 Å². The van der Waals surface area contributed by atoms with Crippen LogP contribution in [0.5, 0.6) is 0 Å². The number of aliphatic hydroxyl groups is 1. The summed E-state index contributed by atoms with van der Waals surface area (Å²) in [5.41, 5.74) is 0.742. The fraction of sp³-hybridized carbons (Fsp3) is 0.625. The highest BCUT2D eigenvalue weighted by atomic mass is 79.9. The molecule has 0 aromatic heterocycles. The number of hydrogen-bond donors (Lipinski definition) is 2. The molecule has 1 saturated carbocycles. The average molecular weight is 326 g/mol. The van der Waals surface area contributed by atoms with E-state index in [4.69, 9.17) is 0 Å². The van der Waals surface area contributed by atoms with Gasteiger partial charge in [-0.25, -0.2) is 0 Å². The van der Waals surface area contributed by atoms with Gasteiger partial charge in [0.1, 0.15) is 0 Å². The largest absolute Gasteiger partial charge is 0.389 e. The molecule has 0 spiro atoms. The van der Waals surface area contributed by atoms with E-state index in [9.17, 15) is 5.11 Å². The van der Waals surface area contributed by atoms with Crippen molar-refractivity contribution in [1.29, 1.82) is 0 Å². The van der Waals surface area contributed by atoms with Gasteiger partial charge in [-0.3, -0.25) is 0 Å². The summed E-state index contributed by atoms with van der Waals surface area (Å²) in [5.74, 6) is 0. The lowest BCUT2D eigenvalue weighted by Crippen LogP contribution is -2.41. The van der Waals surface area contributed by atoms with Crippen molar-refractivity contribution in [1.82, 2.24) is 5.32 Å². The molecule has 2 nitrogen and oxygen atoms in total. The lowest BCUT2D eigenvalue weighted by Gasteiger charge is -2.29. The minimum Gasteiger partial charge on any atom is -0.389 e. The molecule has 1 fully saturated rings. The van der Waals surface area contributed by atoms with Crippen molar-refractivity contribution in [3.8, 4) is 0 Å². The second kappa shape index (κ2) is 6.87. The third-order valence-corrected chi connectivity index (χ3v) is 4.87. The van der Waals surface area contributed by atoms with E-state index in [0.29, 0.717) is 6.54 Å². The summed E-state index contributed by atoms with van der Waals surface area (Å²) in [4.78, 5) is 0. The topological polar surface area (TPSA) is 32.3 Å². The highest BCUT2D eigenvalue weighted by molar-refractivity contribution is 9.10. The molecule has 0 heterocycles. The predicted molar refractivity (Wildman–Crippen MR) is 83.2 cm³/mol. The second-order valence-corrected chi connectivity index (χ2v) is 6.62. The summed E-state index contributed by atoms with van der Waals surface area (Å²) in [6.45, 7) is 2.84. The number of benzene rings is 1. The molecule has 2 rings (SSSR count). The molecule has 1 aliphatic rings. The van der Waals surface area contributed by atoms with Crippen molar-refractivity contribution in [2.75, 3.05) is 6.54 Å². The normalized spacial score (nSPS) is 20.8. The standard InChI is InChI=1S/C16H24BrNO/c1-13(14-8-4-5-9-15(14)17)18-12-16(19)10-6-2-3-7-11-16/h4-5,8-9,13,18-19H,2-3,6-7,10-12H2,1H3/t13-/m0/s1. The molecule has 1 aliphatic carbocycles. The summed E-state index contributed by atoms with van der Waals surface area (Å²) in [5, 5.41) is 14.1. The van der Waals surface area contributed by atoms with Gasteiger partial charge in [-0.05, 0) is 31.4 Å². The van der Waals surface area contributed by atoms with Crippen molar-refractivity contribution in [2.24, 2.45) is 0 Å². The van der Waals surface area contributed by atoms with Crippen LogP contribution in [0.25, 0.3) is 0 Å². The Bertz CT molecular complexity index is 399. The lowest BCUT2D eigenvalue weighted by molar-refractivity contribution is 0.0231. The first-order valence-electron chi connectivity index (χ1n) is 7.31. The maximum atomic E-state index is 10.6. The Morgan fingerprint density at radius 1 is 1.21 bits per heavy atom. The fourth-order valence-corrected chi connectivity index (χ4v) is 3.47. The van der Waals surface area contributed by atoms with Crippen LogP contribution >= 0.6 is 15.9 Å². The number of rotatable bonds is 4. The highest BCUT2D eigenvalue weighted by Gasteiger charge is 2.28. The Hall–Kier alpha value is -0.380. The van der Waals surface area contributed by atoms with Gasteiger partial charge in [-0.1, -0.05) is 59.8 Å². The molecule has 0 radical (unpaired) electrons. The first-order chi connectivity index (χ1) is 9.11. The first-order valence-corrected chi connectivity index (χ1v) is 8.10. The van der Waals surface area contributed by atoms with E-state index in [2.05, 4.69) is 46.4 Å². The summed E-state index contributed by atoms with van der Waals surface area (Å²) in [6, 6.07) is 8.52. The van der Waals surface area contributed by atoms with Gasteiger partial charge in [0, 0.05) is 17.1 Å². The maximum Gasteiger partial charge on any atom is 0.0771 e. The van der Waals surface area contributed by atoms with Crippen molar-refractivity contribution >= 4 is 15.9 Å². The Morgan fingerprint density at radius 2 is 1.84 bits per heavy atom. The minimum atomic E-state index is -0.508. The monoisotopic (exact) mass is 325 g/mol. The van der Waals surface area contributed by atoms with Crippen LogP contribution < -0.4 is 5.32 Å². The van der Waals surface area contributed by atoms with Crippen LogP contribution in [0, 0.1) is 0 Å². The van der Waals surface area contributed by atoms with Crippen LogP contribution in [0.4, 0.5) is 0 Å². The molecule has 1 atom stereocenters. The van der Waals surface area contributed by atoms with Crippen LogP contribution in [-0.2, 0) is 0 Å². The van der Waals surface area contributed by atoms with E-state index in [0.717, 1.165) is 30.2 Å². The van der Waals surface area contributed by atoms with Gasteiger partial charge in [-0.2, -0.15) is 0 Å². The molecular weight excluding hydrogens is 302 g/mol. The van der Waals surface area contributed by atoms with Crippen LogP contribution in [0.1, 0.15) is 57.1 Å². The molecule has 3 heteroatoms. The minimum absolute atomic E-state index is 0.253. The summed E-state index contributed by atoms with van der Waals surface area (Å²) in [7, 11) is 0. The van der Waals surface area contributed by atoms with E-state index in [1.54, 1.807) is 0 Å². The SMILES string of the molecule is C[C@H](NCC1(O)CCCCCC1)c1ccccc1Br. The Kier molecular flexibility index (Phi) is 5.43. The fourth-order valence-electron chi connectivity index (χ4n) is 2.84. The molecule has 2 N–H and O–H groups in total. The Labute approximate surface area is 124 Å². The highest BCUT2D eigenvalue weighted by Crippen LogP contribution is 2.28. The van der Waals surface area contributed by atoms with E-state index in [-0.39, 0.29) is 6.04 Å². The van der Waals surface area contributed by atoms with Crippen LogP contribution in [0.2, 0.25) is 0 Å². The summed E-state index contributed by atoms with van der Waals surface area (Å²) >= 11 is 3.59. The number of hydrogen-bond acceptors (Lipinski definition) is 2. The van der Waals surface area contributed by atoms with Gasteiger partial charge in [0.05, 0.1) is 5.60 Å². The zero-order valence-corrected chi connectivity index (χ0v) is 13.2. The molecule has 106 valence electrons. The molecule has 0 aliphatic heterocycles. The van der Waals surface area contributed by atoms with Crippen molar-refractivity contribution in [2.45, 2.75) is 57.1 Å². The lowest BCUT2D eigenvalue weighted by atomic mass is 9.94. The predicted octanol–water partition coefficient (Wildman–Crippen LogP) is 4.19. The quantitative estimate of drug-likeness (QED) is 0.814. The maximum absolute atomic E-state index is 10.6. The van der Waals surface area contributed by atoms with Crippen molar-refractivity contribution in [3.05, 3.63) is 34.3 Å². The van der Waals surface area contributed by atoms with Crippen molar-refractivity contribution in [3.63, 3.8) is 0 Å². The van der Waals surface area contributed by atoms with Crippen LogP contribution in [-0.4, -0.2) is 17.3 Å². The zero-order valence-electron chi connectivity index (χ0n) is 11.7. The zero-order chi connectivity index (χ0) is 13.7. The van der Waals surface area contributed by atoms with Gasteiger partial charge in [0.15, 0.2) is 0 Å². The van der Waals surface area contributed by atoms with E-state index >= 15 is 0 Å². The molecule has 0 saturated heterocycles. The van der Waals surface area contributed by atoms with Gasteiger partial charge in [0.2, 0.25) is 0 Å². The van der Waals surface area contributed by atoms with Gasteiger partial charge in [0.25, 0.3) is 0 Å². The third kappa shape index (κ3) is 4.30. The number of halogens is 1. The second-order valence-electron chi connectivity index (χ2n) is 5.76. The van der Waals surface area contributed by atoms with E-state index in [1.807, 2.05) is 6.07 Å².